The highest BCUT2D eigenvalue weighted by Gasteiger charge is 2.13. The van der Waals surface area contributed by atoms with E-state index in [0.717, 1.165) is 26.2 Å². The lowest BCUT2D eigenvalue weighted by molar-refractivity contribution is 0.0770. The summed E-state index contributed by atoms with van der Waals surface area (Å²) < 4.78 is 5.46. The van der Waals surface area contributed by atoms with E-state index in [1.54, 1.807) is 0 Å². The minimum absolute atomic E-state index is 0.479. The van der Waals surface area contributed by atoms with E-state index in [2.05, 4.69) is 43.4 Å². The van der Waals surface area contributed by atoms with Crippen molar-refractivity contribution in [1.82, 2.24) is 5.32 Å². The molecule has 0 aliphatic carbocycles. The number of hydrogen-bond acceptors (Lipinski definition) is 3. The third-order valence-electron chi connectivity index (χ3n) is 2.78. The van der Waals surface area contributed by atoms with Crippen LogP contribution in [0.5, 0.6) is 0 Å². The average Bonchev–Trinajstić information content (AvgIpc) is 2.32. The summed E-state index contributed by atoms with van der Waals surface area (Å²) in [6.45, 7) is 7.11. The normalized spacial score (nSPS) is 20.8. The summed E-state index contributed by atoms with van der Waals surface area (Å²) in [5.74, 6) is 0. The fourth-order valence-corrected chi connectivity index (χ4v) is 2.85. The van der Waals surface area contributed by atoms with Crippen molar-refractivity contribution in [2.24, 2.45) is 0 Å². The third kappa shape index (κ3) is 4.34. The molecule has 1 fully saturated rings. The molecule has 0 amide bonds. The molecular weight excluding hydrogens is 230 g/mol. The molecule has 1 atom stereocenters. The van der Waals surface area contributed by atoms with Crippen molar-refractivity contribution in [2.45, 2.75) is 36.5 Å². The molecule has 1 heterocycles. The fraction of sp³-hybridized carbons (Fsp3) is 0.571. The van der Waals surface area contributed by atoms with Crippen LogP contribution < -0.4 is 5.32 Å². The summed E-state index contributed by atoms with van der Waals surface area (Å²) in [4.78, 5) is 1.36. The van der Waals surface area contributed by atoms with Gasteiger partial charge < -0.3 is 10.1 Å². The zero-order valence-electron chi connectivity index (χ0n) is 10.6. The van der Waals surface area contributed by atoms with E-state index < -0.39 is 0 Å². The highest BCUT2D eigenvalue weighted by molar-refractivity contribution is 7.99. The van der Waals surface area contributed by atoms with Gasteiger partial charge in [0.15, 0.2) is 0 Å². The molecule has 1 unspecified atom stereocenters. The highest BCUT2D eigenvalue weighted by Crippen LogP contribution is 2.23. The molecule has 3 heteroatoms. The Hall–Kier alpha value is -0.510. The molecule has 1 aliphatic heterocycles. The summed E-state index contributed by atoms with van der Waals surface area (Å²) in [7, 11) is 0. The maximum Gasteiger partial charge on any atom is 0.0623 e. The molecule has 0 spiro atoms. The molecule has 2 nitrogen and oxygen atoms in total. The number of rotatable bonds is 4. The number of nitrogens with one attached hydrogen (secondary N) is 1. The lowest BCUT2D eigenvalue weighted by Gasteiger charge is -2.23. The van der Waals surface area contributed by atoms with E-state index >= 15 is 0 Å². The number of benzene rings is 1. The van der Waals surface area contributed by atoms with Crippen LogP contribution in [-0.4, -0.2) is 31.1 Å². The van der Waals surface area contributed by atoms with Gasteiger partial charge in [0, 0.05) is 22.7 Å². The molecule has 1 saturated heterocycles. The van der Waals surface area contributed by atoms with Gasteiger partial charge in [-0.2, -0.15) is 0 Å². The van der Waals surface area contributed by atoms with Crippen LogP contribution in [0, 0.1) is 0 Å². The molecule has 1 N–H and O–H groups in total. The standard InChI is InChI=1S/C14H21NOS/c1-11(2)17-14-5-3-12(4-6-14)9-13-10-16-8-7-15-13/h3-6,11,13,15H,7-10H2,1-2H3. The minimum atomic E-state index is 0.479. The monoisotopic (exact) mass is 251 g/mol. The van der Waals surface area contributed by atoms with Gasteiger partial charge in [-0.15, -0.1) is 11.8 Å². The molecule has 1 aromatic rings. The van der Waals surface area contributed by atoms with Crippen molar-refractivity contribution >= 4 is 11.8 Å². The Morgan fingerprint density at radius 2 is 2.12 bits per heavy atom. The second-order valence-electron chi connectivity index (χ2n) is 4.74. The first-order valence-corrected chi connectivity index (χ1v) is 7.19. The Morgan fingerprint density at radius 1 is 1.35 bits per heavy atom. The van der Waals surface area contributed by atoms with Crippen LogP contribution in [0.3, 0.4) is 0 Å². The van der Waals surface area contributed by atoms with E-state index in [1.807, 2.05) is 11.8 Å². The van der Waals surface area contributed by atoms with Gasteiger partial charge in [-0.05, 0) is 24.1 Å². The molecule has 0 bridgehead atoms. The number of thioether (sulfide) groups is 1. The fourth-order valence-electron chi connectivity index (χ4n) is 2.01. The van der Waals surface area contributed by atoms with Crippen molar-refractivity contribution in [3.05, 3.63) is 29.8 Å². The van der Waals surface area contributed by atoms with Crippen molar-refractivity contribution in [3.8, 4) is 0 Å². The molecule has 0 saturated carbocycles. The molecule has 17 heavy (non-hydrogen) atoms. The van der Waals surface area contributed by atoms with Gasteiger partial charge in [-0.25, -0.2) is 0 Å². The predicted octanol–water partition coefficient (Wildman–Crippen LogP) is 2.72. The molecule has 2 rings (SSSR count). The van der Waals surface area contributed by atoms with Gasteiger partial charge in [0.1, 0.15) is 0 Å². The predicted molar refractivity (Wildman–Crippen MR) is 73.7 cm³/mol. The summed E-state index contributed by atoms with van der Waals surface area (Å²) >= 11 is 1.91. The Balaban J connectivity index is 1.88. The van der Waals surface area contributed by atoms with Gasteiger partial charge in [-0.3, -0.25) is 0 Å². The van der Waals surface area contributed by atoms with Crippen LogP contribution in [0.25, 0.3) is 0 Å². The van der Waals surface area contributed by atoms with Crippen LogP contribution in [0.4, 0.5) is 0 Å². The lowest BCUT2D eigenvalue weighted by Crippen LogP contribution is -2.42. The van der Waals surface area contributed by atoms with Crippen LogP contribution in [-0.2, 0) is 11.2 Å². The van der Waals surface area contributed by atoms with E-state index in [1.165, 1.54) is 10.5 Å². The largest absolute Gasteiger partial charge is 0.379 e. The zero-order valence-corrected chi connectivity index (χ0v) is 11.4. The summed E-state index contributed by atoms with van der Waals surface area (Å²) in [5, 5.41) is 4.13. The molecular formula is C14H21NOS. The molecule has 0 radical (unpaired) electrons. The molecule has 94 valence electrons. The highest BCUT2D eigenvalue weighted by atomic mass is 32.2. The van der Waals surface area contributed by atoms with Gasteiger partial charge in [0.25, 0.3) is 0 Å². The molecule has 0 aromatic heterocycles. The summed E-state index contributed by atoms with van der Waals surface area (Å²) in [6.07, 6.45) is 1.06. The Bertz CT molecular complexity index is 331. The first kappa shape index (κ1) is 12.9. The van der Waals surface area contributed by atoms with Crippen molar-refractivity contribution in [2.75, 3.05) is 19.8 Å². The van der Waals surface area contributed by atoms with E-state index in [-0.39, 0.29) is 0 Å². The van der Waals surface area contributed by atoms with Crippen LogP contribution >= 0.6 is 11.8 Å². The van der Waals surface area contributed by atoms with Gasteiger partial charge in [0.05, 0.1) is 13.2 Å². The average molecular weight is 251 g/mol. The van der Waals surface area contributed by atoms with Crippen LogP contribution in [0.2, 0.25) is 0 Å². The first-order chi connectivity index (χ1) is 8.24. The van der Waals surface area contributed by atoms with E-state index in [0.29, 0.717) is 11.3 Å². The number of hydrogen-bond donors (Lipinski definition) is 1. The van der Waals surface area contributed by atoms with Crippen molar-refractivity contribution < 1.29 is 4.74 Å². The summed E-state index contributed by atoms with van der Waals surface area (Å²) in [6, 6.07) is 9.40. The number of ether oxygens (including phenoxy) is 1. The maximum atomic E-state index is 5.46. The van der Waals surface area contributed by atoms with Gasteiger partial charge >= 0.3 is 0 Å². The molecule has 1 aliphatic rings. The minimum Gasteiger partial charge on any atom is -0.379 e. The van der Waals surface area contributed by atoms with Gasteiger partial charge in [-0.1, -0.05) is 26.0 Å². The Morgan fingerprint density at radius 3 is 2.71 bits per heavy atom. The van der Waals surface area contributed by atoms with E-state index in [4.69, 9.17) is 4.74 Å². The second kappa shape index (κ2) is 6.43. The van der Waals surface area contributed by atoms with Crippen molar-refractivity contribution in [3.63, 3.8) is 0 Å². The second-order valence-corrected chi connectivity index (χ2v) is 6.39. The lowest BCUT2D eigenvalue weighted by atomic mass is 10.1. The maximum absolute atomic E-state index is 5.46. The third-order valence-corrected chi connectivity index (χ3v) is 3.79. The van der Waals surface area contributed by atoms with Crippen molar-refractivity contribution in [1.29, 1.82) is 0 Å². The zero-order chi connectivity index (χ0) is 12.1. The first-order valence-electron chi connectivity index (χ1n) is 6.31. The van der Waals surface area contributed by atoms with E-state index in [9.17, 15) is 0 Å². The number of morpholine rings is 1. The quantitative estimate of drug-likeness (QED) is 0.831. The summed E-state index contributed by atoms with van der Waals surface area (Å²) in [5.41, 5.74) is 1.39. The SMILES string of the molecule is CC(C)Sc1ccc(CC2COCCN2)cc1. The smallest absolute Gasteiger partial charge is 0.0623 e. The Kier molecular flexibility index (Phi) is 4.89. The van der Waals surface area contributed by atoms with Gasteiger partial charge in [0.2, 0.25) is 0 Å². The van der Waals surface area contributed by atoms with Crippen LogP contribution in [0.1, 0.15) is 19.4 Å². The molecule has 1 aromatic carbocycles. The van der Waals surface area contributed by atoms with Crippen LogP contribution in [0.15, 0.2) is 29.2 Å². The Labute approximate surface area is 108 Å². The topological polar surface area (TPSA) is 21.3 Å².